The molecule has 1 aliphatic rings. The van der Waals surface area contributed by atoms with Crippen LogP contribution in [-0.2, 0) is 10.5 Å². The number of hydrogen-bond acceptors (Lipinski definition) is 7. The van der Waals surface area contributed by atoms with Crippen LogP contribution in [0.25, 0.3) is 0 Å². The van der Waals surface area contributed by atoms with Gasteiger partial charge in [0.05, 0.1) is 6.61 Å². The molecule has 0 aromatic heterocycles. The van der Waals surface area contributed by atoms with Crippen LogP contribution in [0.15, 0.2) is 24.3 Å². The molecule has 0 aliphatic carbocycles. The molecule has 2 rings (SSSR count). The lowest BCUT2D eigenvalue weighted by molar-refractivity contribution is -0.205. The summed E-state index contributed by atoms with van der Waals surface area (Å²) in [5.41, 5.74) is 6.57. The van der Waals surface area contributed by atoms with Gasteiger partial charge in [0.15, 0.2) is 0 Å². The van der Waals surface area contributed by atoms with E-state index >= 15 is 0 Å². The number of nitrogen functional groups attached to an aromatic ring is 1. The fraction of sp³-hybridized carbons (Fsp3) is 0.538. The Labute approximate surface area is 121 Å². The molecule has 112 valence electrons. The van der Waals surface area contributed by atoms with Gasteiger partial charge >= 0.3 is 0 Å². The zero-order chi connectivity index (χ0) is 14.7. The van der Waals surface area contributed by atoms with Gasteiger partial charge < -0.3 is 30.9 Å². The Hall–Kier alpha value is -0.830. The van der Waals surface area contributed by atoms with Crippen LogP contribution in [0.1, 0.15) is 5.56 Å². The summed E-state index contributed by atoms with van der Waals surface area (Å²) in [5, 5.41) is 38.3. The molecule has 6 N–H and O–H groups in total. The second-order valence-corrected chi connectivity index (χ2v) is 5.84. The van der Waals surface area contributed by atoms with Gasteiger partial charge in [-0.25, -0.2) is 0 Å². The summed E-state index contributed by atoms with van der Waals surface area (Å²) in [4.78, 5) is 0. The number of aliphatic hydroxyl groups excluding tert-OH is 4. The summed E-state index contributed by atoms with van der Waals surface area (Å²) in [6.07, 6.45) is -4.71. The van der Waals surface area contributed by atoms with Gasteiger partial charge in [-0.05, 0) is 17.7 Å². The molecule has 0 amide bonds. The Balaban J connectivity index is 1.95. The lowest BCUT2D eigenvalue weighted by atomic mass is 10.0. The Bertz CT molecular complexity index is 427. The predicted molar refractivity (Wildman–Crippen MR) is 75.9 cm³/mol. The lowest BCUT2D eigenvalue weighted by Crippen LogP contribution is -2.57. The first-order valence-electron chi connectivity index (χ1n) is 6.29. The van der Waals surface area contributed by atoms with Gasteiger partial charge in [0.2, 0.25) is 0 Å². The van der Waals surface area contributed by atoms with Crippen molar-refractivity contribution in [2.75, 3.05) is 12.3 Å². The first kappa shape index (κ1) is 15.6. The van der Waals surface area contributed by atoms with E-state index in [1.165, 1.54) is 11.8 Å². The maximum Gasteiger partial charge on any atom is 0.132 e. The van der Waals surface area contributed by atoms with Crippen LogP contribution in [0.2, 0.25) is 0 Å². The third kappa shape index (κ3) is 3.43. The maximum atomic E-state index is 9.89. The number of anilines is 1. The molecular formula is C13H19NO5S. The number of thioether (sulfide) groups is 1. The largest absolute Gasteiger partial charge is 0.399 e. The van der Waals surface area contributed by atoms with Crippen LogP contribution in [0, 0.1) is 0 Å². The first-order chi connectivity index (χ1) is 9.52. The number of nitrogens with two attached hydrogens (primary N) is 1. The van der Waals surface area contributed by atoms with Gasteiger partial charge in [0.1, 0.15) is 29.9 Å². The summed E-state index contributed by atoms with van der Waals surface area (Å²) in [6.45, 7) is -0.413. The van der Waals surface area contributed by atoms with Crippen molar-refractivity contribution in [1.82, 2.24) is 0 Å². The predicted octanol–water partition coefficient (Wildman–Crippen LogP) is -0.698. The van der Waals surface area contributed by atoms with Crippen LogP contribution in [0.3, 0.4) is 0 Å². The molecule has 0 bridgehead atoms. The molecular weight excluding hydrogens is 282 g/mol. The third-order valence-electron chi connectivity index (χ3n) is 3.24. The monoisotopic (exact) mass is 301 g/mol. The molecule has 0 radical (unpaired) electrons. The number of aliphatic hydroxyl groups is 4. The van der Waals surface area contributed by atoms with Crippen molar-refractivity contribution >= 4 is 17.4 Å². The van der Waals surface area contributed by atoms with Crippen molar-refractivity contribution < 1.29 is 25.2 Å². The molecule has 6 nitrogen and oxygen atoms in total. The van der Waals surface area contributed by atoms with Gasteiger partial charge in [-0.15, -0.1) is 11.8 Å². The van der Waals surface area contributed by atoms with Crippen molar-refractivity contribution in [3.63, 3.8) is 0 Å². The van der Waals surface area contributed by atoms with Crippen LogP contribution < -0.4 is 5.73 Å². The molecule has 0 spiro atoms. The molecule has 1 saturated heterocycles. The second kappa shape index (κ2) is 6.75. The number of rotatable bonds is 4. The van der Waals surface area contributed by atoms with Gasteiger partial charge in [0.25, 0.3) is 0 Å². The standard InChI is InChI=1S/C13H19NO5S/c14-8-3-1-7(2-4-8)6-20-13-12(18)11(17)10(16)9(5-15)19-13/h1-4,9-13,15-18H,5-6,14H2. The molecule has 1 fully saturated rings. The quantitative estimate of drug-likeness (QED) is 0.467. The van der Waals surface area contributed by atoms with Gasteiger partial charge in [-0.3, -0.25) is 0 Å². The molecule has 20 heavy (non-hydrogen) atoms. The Morgan fingerprint density at radius 1 is 1.05 bits per heavy atom. The molecule has 5 atom stereocenters. The minimum absolute atomic E-state index is 0.413. The highest BCUT2D eigenvalue weighted by molar-refractivity contribution is 7.99. The number of ether oxygens (including phenoxy) is 1. The van der Waals surface area contributed by atoms with Crippen molar-refractivity contribution in [2.24, 2.45) is 0 Å². The smallest absolute Gasteiger partial charge is 0.132 e. The normalized spacial score (nSPS) is 34.1. The highest BCUT2D eigenvalue weighted by Gasteiger charge is 2.43. The highest BCUT2D eigenvalue weighted by atomic mass is 32.2. The van der Waals surface area contributed by atoms with E-state index in [-0.39, 0.29) is 0 Å². The minimum Gasteiger partial charge on any atom is -0.399 e. The molecule has 5 unspecified atom stereocenters. The van der Waals surface area contributed by atoms with E-state index in [0.717, 1.165) is 5.56 Å². The van der Waals surface area contributed by atoms with Crippen LogP contribution in [0.5, 0.6) is 0 Å². The van der Waals surface area contributed by atoms with Crippen molar-refractivity contribution in [3.05, 3.63) is 29.8 Å². The lowest BCUT2D eigenvalue weighted by Gasteiger charge is -2.39. The molecule has 1 aromatic rings. The van der Waals surface area contributed by atoms with E-state index in [4.69, 9.17) is 15.6 Å². The van der Waals surface area contributed by atoms with Crippen molar-refractivity contribution in [2.45, 2.75) is 35.6 Å². The number of hydrogen-bond donors (Lipinski definition) is 5. The summed E-state index contributed by atoms with van der Waals surface area (Å²) in [7, 11) is 0. The fourth-order valence-corrected chi connectivity index (χ4v) is 3.13. The maximum absolute atomic E-state index is 9.89. The van der Waals surface area contributed by atoms with Crippen molar-refractivity contribution in [1.29, 1.82) is 0 Å². The van der Waals surface area contributed by atoms with E-state index < -0.39 is 36.5 Å². The summed E-state index contributed by atoms with van der Waals surface area (Å²) >= 11 is 1.29. The average molecular weight is 301 g/mol. The van der Waals surface area contributed by atoms with Gasteiger partial charge in [0, 0.05) is 11.4 Å². The van der Waals surface area contributed by atoms with Gasteiger partial charge in [-0.1, -0.05) is 12.1 Å². The molecule has 0 saturated carbocycles. The third-order valence-corrected chi connectivity index (χ3v) is 4.46. The van der Waals surface area contributed by atoms with Crippen LogP contribution in [0.4, 0.5) is 5.69 Å². The van der Waals surface area contributed by atoms with E-state index in [1.54, 1.807) is 12.1 Å². The molecule has 1 heterocycles. The average Bonchev–Trinajstić information content (AvgIpc) is 2.46. The Kier molecular flexibility index (Phi) is 5.25. The summed E-state index contributed by atoms with van der Waals surface area (Å²) < 4.78 is 5.40. The van der Waals surface area contributed by atoms with Crippen LogP contribution >= 0.6 is 11.8 Å². The summed E-state index contributed by atoms with van der Waals surface area (Å²) in [6, 6.07) is 7.30. The number of benzene rings is 1. The zero-order valence-corrected chi connectivity index (χ0v) is 11.6. The van der Waals surface area contributed by atoms with E-state index in [1.807, 2.05) is 12.1 Å². The molecule has 1 aromatic carbocycles. The van der Waals surface area contributed by atoms with Crippen LogP contribution in [-0.4, -0.2) is 56.9 Å². The molecule has 7 heteroatoms. The van der Waals surface area contributed by atoms with E-state index in [9.17, 15) is 15.3 Å². The topological polar surface area (TPSA) is 116 Å². The van der Waals surface area contributed by atoms with E-state index in [2.05, 4.69) is 0 Å². The van der Waals surface area contributed by atoms with Gasteiger partial charge in [-0.2, -0.15) is 0 Å². The first-order valence-corrected chi connectivity index (χ1v) is 7.34. The van der Waals surface area contributed by atoms with E-state index in [0.29, 0.717) is 11.4 Å². The second-order valence-electron chi connectivity index (χ2n) is 4.75. The zero-order valence-electron chi connectivity index (χ0n) is 10.8. The Morgan fingerprint density at radius 3 is 2.30 bits per heavy atom. The fourth-order valence-electron chi connectivity index (χ4n) is 2.00. The van der Waals surface area contributed by atoms with Crippen molar-refractivity contribution in [3.8, 4) is 0 Å². The highest BCUT2D eigenvalue weighted by Crippen LogP contribution is 2.30. The SMILES string of the molecule is Nc1ccc(CSC2OC(CO)C(O)C(O)C2O)cc1. The Morgan fingerprint density at radius 2 is 1.70 bits per heavy atom. The minimum atomic E-state index is -1.33. The summed E-state index contributed by atoms with van der Waals surface area (Å²) in [5.74, 6) is 0.559. The molecule has 1 aliphatic heterocycles.